The van der Waals surface area contributed by atoms with Gasteiger partial charge >= 0.3 is 5.97 Å². The predicted octanol–water partition coefficient (Wildman–Crippen LogP) is 3.38. The fraction of sp³-hybridized carbons (Fsp3) is 0.462. The molecule has 0 radical (unpaired) electrons. The molecule has 0 spiro atoms. The van der Waals surface area contributed by atoms with Crippen LogP contribution in [0.1, 0.15) is 30.1 Å². The van der Waals surface area contributed by atoms with Gasteiger partial charge in [0.1, 0.15) is 0 Å². The number of carboxylic acids is 1. The van der Waals surface area contributed by atoms with Crippen LogP contribution in [0.4, 0.5) is 5.69 Å². The first-order valence-corrected chi connectivity index (χ1v) is 6.69. The van der Waals surface area contributed by atoms with E-state index in [0.29, 0.717) is 5.56 Å². The van der Waals surface area contributed by atoms with Gasteiger partial charge in [-0.2, -0.15) is 0 Å². The summed E-state index contributed by atoms with van der Waals surface area (Å²) >= 11 is 3.46. The van der Waals surface area contributed by atoms with Crippen molar-refractivity contribution in [3.63, 3.8) is 0 Å². The maximum absolute atomic E-state index is 10.9. The first kappa shape index (κ1) is 12.4. The second kappa shape index (κ2) is 5.08. The van der Waals surface area contributed by atoms with Crippen molar-refractivity contribution in [1.82, 2.24) is 0 Å². The predicted molar refractivity (Wildman–Crippen MR) is 71.7 cm³/mol. The molecule has 1 saturated carbocycles. The molecule has 0 aromatic heterocycles. The van der Waals surface area contributed by atoms with Crippen molar-refractivity contribution < 1.29 is 9.90 Å². The Bertz CT molecular complexity index is 429. The number of aromatic carboxylic acids is 1. The number of hydrogen-bond donors (Lipinski definition) is 1. The van der Waals surface area contributed by atoms with Gasteiger partial charge in [0.15, 0.2) is 0 Å². The Balaban J connectivity index is 2.20. The maximum Gasteiger partial charge on any atom is 0.335 e. The highest BCUT2D eigenvalue weighted by molar-refractivity contribution is 9.10. The third kappa shape index (κ3) is 3.00. The molecular weight excluding hydrogens is 282 g/mol. The van der Waals surface area contributed by atoms with Crippen LogP contribution in [0.3, 0.4) is 0 Å². The van der Waals surface area contributed by atoms with Crippen molar-refractivity contribution in [2.75, 3.05) is 18.0 Å². The molecule has 1 aromatic carbocycles. The quantitative estimate of drug-likeness (QED) is 0.906. The lowest BCUT2D eigenvalue weighted by Crippen LogP contribution is -2.25. The van der Waals surface area contributed by atoms with Gasteiger partial charge in [0, 0.05) is 17.6 Å². The minimum atomic E-state index is -0.887. The molecule has 3 nitrogen and oxygen atoms in total. The third-order valence-corrected chi connectivity index (χ3v) is 3.73. The summed E-state index contributed by atoms with van der Waals surface area (Å²) in [6, 6.07) is 5.23. The van der Waals surface area contributed by atoms with Gasteiger partial charge in [-0.15, -0.1) is 0 Å². The Morgan fingerprint density at radius 2 is 2.24 bits per heavy atom. The normalized spacial score (nSPS) is 14.7. The van der Waals surface area contributed by atoms with Crippen molar-refractivity contribution in [2.24, 2.45) is 5.92 Å². The molecule has 0 bridgehead atoms. The standard InChI is InChI=1S/C13H16BrNO2/c1-2-15(8-9-3-4-9)12-6-5-10(13(16)17)7-11(12)14/h5-7,9H,2-4,8H2,1H3,(H,16,17). The molecule has 1 N–H and O–H groups in total. The summed E-state index contributed by atoms with van der Waals surface area (Å²) in [7, 11) is 0. The van der Waals surface area contributed by atoms with E-state index in [1.165, 1.54) is 12.8 Å². The van der Waals surface area contributed by atoms with Crippen LogP contribution >= 0.6 is 15.9 Å². The first-order chi connectivity index (χ1) is 8.11. The lowest BCUT2D eigenvalue weighted by molar-refractivity contribution is 0.0697. The van der Waals surface area contributed by atoms with Crippen LogP contribution in [0.15, 0.2) is 22.7 Å². The summed E-state index contributed by atoms with van der Waals surface area (Å²) in [4.78, 5) is 13.2. The number of carbonyl (C=O) groups is 1. The molecule has 0 atom stereocenters. The van der Waals surface area contributed by atoms with Crippen LogP contribution < -0.4 is 4.90 Å². The van der Waals surface area contributed by atoms with Gasteiger partial charge < -0.3 is 10.0 Å². The van der Waals surface area contributed by atoms with E-state index in [0.717, 1.165) is 29.2 Å². The average Bonchev–Trinajstić information content (AvgIpc) is 3.10. The number of anilines is 1. The molecule has 0 saturated heterocycles. The second-order valence-electron chi connectivity index (χ2n) is 4.45. The van der Waals surface area contributed by atoms with E-state index in [1.54, 1.807) is 12.1 Å². The van der Waals surface area contributed by atoms with E-state index >= 15 is 0 Å². The highest BCUT2D eigenvalue weighted by atomic mass is 79.9. The zero-order valence-electron chi connectivity index (χ0n) is 9.82. The van der Waals surface area contributed by atoms with Gasteiger partial charge in [-0.3, -0.25) is 0 Å². The van der Waals surface area contributed by atoms with E-state index in [9.17, 15) is 4.79 Å². The number of halogens is 1. The van der Waals surface area contributed by atoms with E-state index in [4.69, 9.17) is 5.11 Å². The monoisotopic (exact) mass is 297 g/mol. The van der Waals surface area contributed by atoms with Crippen molar-refractivity contribution in [2.45, 2.75) is 19.8 Å². The lowest BCUT2D eigenvalue weighted by Gasteiger charge is -2.24. The van der Waals surface area contributed by atoms with Crippen LogP contribution in [0.5, 0.6) is 0 Å². The SMILES string of the molecule is CCN(CC1CC1)c1ccc(C(=O)O)cc1Br. The highest BCUT2D eigenvalue weighted by Crippen LogP contribution is 2.34. The molecule has 1 aromatic rings. The molecule has 1 aliphatic carbocycles. The van der Waals surface area contributed by atoms with Crippen LogP contribution in [0.25, 0.3) is 0 Å². The molecular formula is C13H16BrNO2. The van der Waals surface area contributed by atoms with Gasteiger partial charge in [-0.25, -0.2) is 4.79 Å². The number of hydrogen-bond acceptors (Lipinski definition) is 2. The summed E-state index contributed by atoms with van der Waals surface area (Å²) in [6.07, 6.45) is 2.64. The number of nitrogens with zero attached hydrogens (tertiary/aromatic N) is 1. The molecule has 17 heavy (non-hydrogen) atoms. The topological polar surface area (TPSA) is 40.5 Å². The summed E-state index contributed by atoms with van der Waals surface area (Å²) in [6.45, 7) is 4.14. The van der Waals surface area contributed by atoms with Gasteiger partial charge in [0.25, 0.3) is 0 Å². The maximum atomic E-state index is 10.9. The Morgan fingerprint density at radius 1 is 1.53 bits per heavy atom. The molecule has 0 aliphatic heterocycles. The summed E-state index contributed by atoms with van der Waals surface area (Å²) in [5.41, 5.74) is 1.41. The first-order valence-electron chi connectivity index (χ1n) is 5.89. The number of rotatable bonds is 5. The van der Waals surface area contributed by atoms with Crippen molar-refractivity contribution in [1.29, 1.82) is 0 Å². The van der Waals surface area contributed by atoms with Crippen molar-refractivity contribution >= 4 is 27.6 Å². The number of carboxylic acid groups (broad SMARTS) is 1. The van der Waals surface area contributed by atoms with E-state index in [-0.39, 0.29) is 0 Å². The average molecular weight is 298 g/mol. The molecule has 4 heteroatoms. The van der Waals surface area contributed by atoms with E-state index in [2.05, 4.69) is 27.8 Å². The fourth-order valence-corrected chi connectivity index (χ4v) is 2.54. The largest absolute Gasteiger partial charge is 0.478 e. The summed E-state index contributed by atoms with van der Waals surface area (Å²) in [5.74, 6) is -0.0662. The summed E-state index contributed by atoms with van der Waals surface area (Å²) in [5, 5.41) is 8.92. The van der Waals surface area contributed by atoms with E-state index in [1.807, 2.05) is 6.07 Å². The van der Waals surface area contributed by atoms with Gasteiger partial charge in [-0.05, 0) is 59.8 Å². The molecule has 1 aliphatic rings. The van der Waals surface area contributed by atoms with Crippen LogP contribution in [0.2, 0.25) is 0 Å². The van der Waals surface area contributed by atoms with Crippen LogP contribution in [-0.2, 0) is 0 Å². The molecule has 0 heterocycles. The van der Waals surface area contributed by atoms with Crippen LogP contribution in [-0.4, -0.2) is 24.2 Å². The molecule has 0 unspecified atom stereocenters. The minimum Gasteiger partial charge on any atom is -0.478 e. The molecule has 0 amide bonds. The van der Waals surface area contributed by atoms with Gasteiger partial charge in [0.2, 0.25) is 0 Å². The highest BCUT2D eigenvalue weighted by Gasteiger charge is 2.24. The smallest absolute Gasteiger partial charge is 0.335 e. The third-order valence-electron chi connectivity index (χ3n) is 3.09. The van der Waals surface area contributed by atoms with Crippen LogP contribution in [0, 0.1) is 5.92 Å². The molecule has 2 rings (SSSR count). The Morgan fingerprint density at radius 3 is 2.71 bits per heavy atom. The zero-order chi connectivity index (χ0) is 12.4. The van der Waals surface area contributed by atoms with Crippen molar-refractivity contribution in [3.8, 4) is 0 Å². The van der Waals surface area contributed by atoms with Crippen molar-refractivity contribution in [3.05, 3.63) is 28.2 Å². The summed E-state index contributed by atoms with van der Waals surface area (Å²) < 4.78 is 0.861. The number of benzene rings is 1. The Hall–Kier alpha value is -1.03. The lowest BCUT2D eigenvalue weighted by atomic mass is 10.2. The zero-order valence-corrected chi connectivity index (χ0v) is 11.4. The van der Waals surface area contributed by atoms with E-state index < -0.39 is 5.97 Å². The fourth-order valence-electron chi connectivity index (χ4n) is 1.91. The molecule has 1 fully saturated rings. The Kier molecular flexibility index (Phi) is 3.72. The van der Waals surface area contributed by atoms with Gasteiger partial charge in [0.05, 0.1) is 11.3 Å². The van der Waals surface area contributed by atoms with Gasteiger partial charge in [-0.1, -0.05) is 0 Å². The second-order valence-corrected chi connectivity index (χ2v) is 5.31. The Labute approximate surface area is 110 Å². The molecule has 92 valence electrons. The minimum absolute atomic E-state index is 0.322.